The molecule has 0 N–H and O–H groups in total. The monoisotopic (exact) mass is 459 g/mol. The summed E-state index contributed by atoms with van der Waals surface area (Å²) in [5, 5.41) is 5.25. The van der Waals surface area contributed by atoms with Gasteiger partial charge in [0, 0.05) is 11.5 Å². The van der Waals surface area contributed by atoms with Gasteiger partial charge in [0.15, 0.2) is 11.5 Å². The van der Waals surface area contributed by atoms with Crippen LogP contribution in [0.25, 0.3) is 10.9 Å². The average Bonchev–Trinajstić information content (AvgIpc) is 2.86. The second-order valence-electron chi connectivity index (χ2n) is 8.55. The third kappa shape index (κ3) is 5.06. The molecule has 1 aromatic heterocycles. The highest BCUT2D eigenvalue weighted by Crippen LogP contribution is 2.34. The van der Waals surface area contributed by atoms with Crippen LogP contribution < -0.4 is 15.0 Å². The topological polar surface area (TPSA) is 65.7 Å². The van der Waals surface area contributed by atoms with E-state index in [9.17, 15) is 4.79 Å². The van der Waals surface area contributed by atoms with Crippen molar-refractivity contribution < 1.29 is 9.47 Å². The largest absolute Gasteiger partial charge is 0.490 e. The van der Waals surface area contributed by atoms with Crippen LogP contribution in [0.15, 0.2) is 58.9 Å². The maximum absolute atomic E-state index is 13.4. The number of hydrogen-bond donors (Lipinski definition) is 0. The van der Waals surface area contributed by atoms with E-state index in [0.717, 1.165) is 53.9 Å². The summed E-state index contributed by atoms with van der Waals surface area (Å²) < 4.78 is 13.2. The molecule has 0 radical (unpaired) electrons. The number of allylic oxidation sites excluding steroid dienone is 1. The highest BCUT2D eigenvalue weighted by Gasteiger charge is 2.22. The molecule has 6 heteroatoms. The lowest BCUT2D eigenvalue weighted by Gasteiger charge is -2.22. The summed E-state index contributed by atoms with van der Waals surface area (Å²) >= 11 is 0. The van der Waals surface area contributed by atoms with E-state index in [1.807, 2.05) is 56.3 Å². The van der Waals surface area contributed by atoms with Crippen LogP contribution >= 0.6 is 0 Å². The summed E-state index contributed by atoms with van der Waals surface area (Å²) in [6.07, 6.45) is 9.79. The number of rotatable bonds is 9. The molecule has 6 nitrogen and oxygen atoms in total. The summed E-state index contributed by atoms with van der Waals surface area (Å²) in [6, 6.07) is 11.4. The van der Waals surface area contributed by atoms with Crippen LogP contribution in [-0.4, -0.2) is 29.1 Å². The van der Waals surface area contributed by atoms with E-state index >= 15 is 0 Å². The average molecular weight is 460 g/mol. The Morgan fingerprint density at radius 1 is 1.12 bits per heavy atom. The summed E-state index contributed by atoms with van der Waals surface area (Å²) in [4.78, 5) is 18.3. The fraction of sp³-hybridized carbons (Fsp3) is 0.393. The first-order valence-corrected chi connectivity index (χ1v) is 12.3. The highest BCUT2D eigenvalue weighted by molar-refractivity contribution is 5.82. The quantitative estimate of drug-likeness (QED) is 0.297. The second-order valence-corrected chi connectivity index (χ2v) is 8.55. The second kappa shape index (κ2) is 11.1. The van der Waals surface area contributed by atoms with Gasteiger partial charge >= 0.3 is 0 Å². The van der Waals surface area contributed by atoms with Crippen LogP contribution in [0.2, 0.25) is 0 Å². The van der Waals surface area contributed by atoms with E-state index < -0.39 is 0 Å². The molecule has 0 saturated heterocycles. The SMILES string of the molecule is C=CCc1cc(C=Nn2c(C3CCCCC3)nc3ccccc3c2=O)cc(OCC)c1OCC. The van der Waals surface area contributed by atoms with Gasteiger partial charge in [-0.3, -0.25) is 4.79 Å². The minimum absolute atomic E-state index is 0.135. The molecule has 0 bridgehead atoms. The molecule has 1 fully saturated rings. The number of aromatic nitrogens is 2. The number of nitrogens with zero attached hydrogens (tertiary/aromatic N) is 3. The van der Waals surface area contributed by atoms with Crippen molar-refractivity contribution in [2.75, 3.05) is 13.2 Å². The molecular formula is C28H33N3O3. The van der Waals surface area contributed by atoms with Gasteiger partial charge in [0.25, 0.3) is 5.56 Å². The van der Waals surface area contributed by atoms with Crippen molar-refractivity contribution in [3.63, 3.8) is 0 Å². The standard InChI is InChI=1S/C28H33N3O3/c1-4-12-22-17-20(18-25(33-5-2)26(22)34-6-3)19-29-31-27(21-13-8-7-9-14-21)30-24-16-11-10-15-23(24)28(31)32/h4,10-11,15-19,21H,1,5-9,12-14H2,2-3H3. The van der Waals surface area contributed by atoms with Gasteiger partial charge in [-0.25, -0.2) is 4.98 Å². The van der Waals surface area contributed by atoms with Crippen molar-refractivity contribution in [1.29, 1.82) is 0 Å². The van der Waals surface area contributed by atoms with E-state index in [1.54, 1.807) is 6.21 Å². The first-order valence-electron chi connectivity index (χ1n) is 12.3. The Morgan fingerprint density at radius 2 is 1.88 bits per heavy atom. The molecule has 0 amide bonds. The van der Waals surface area contributed by atoms with Gasteiger partial charge in [-0.1, -0.05) is 37.5 Å². The normalized spacial score (nSPS) is 14.5. The smallest absolute Gasteiger partial charge is 0.282 e. The van der Waals surface area contributed by atoms with Crippen molar-refractivity contribution in [1.82, 2.24) is 9.66 Å². The van der Waals surface area contributed by atoms with Crippen molar-refractivity contribution in [3.8, 4) is 11.5 Å². The van der Waals surface area contributed by atoms with Crippen LogP contribution in [0, 0.1) is 0 Å². The van der Waals surface area contributed by atoms with Crippen LogP contribution in [-0.2, 0) is 6.42 Å². The van der Waals surface area contributed by atoms with Crippen molar-refractivity contribution in [3.05, 3.63) is 76.4 Å². The van der Waals surface area contributed by atoms with E-state index in [1.165, 1.54) is 11.1 Å². The van der Waals surface area contributed by atoms with Gasteiger partial charge in [-0.2, -0.15) is 9.78 Å². The molecule has 0 spiro atoms. The number of ether oxygens (including phenoxy) is 2. The molecule has 3 aromatic rings. The number of benzene rings is 2. The Hall–Kier alpha value is -3.41. The fourth-order valence-electron chi connectivity index (χ4n) is 4.64. The lowest BCUT2D eigenvalue weighted by Crippen LogP contribution is -2.25. The number of para-hydroxylation sites is 1. The lowest BCUT2D eigenvalue weighted by molar-refractivity contribution is 0.285. The lowest BCUT2D eigenvalue weighted by atomic mass is 9.88. The third-order valence-corrected chi connectivity index (χ3v) is 6.18. The number of fused-ring (bicyclic) bond motifs is 1. The molecule has 1 heterocycles. The van der Waals surface area contributed by atoms with E-state index in [2.05, 4.69) is 11.7 Å². The Morgan fingerprint density at radius 3 is 2.62 bits per heavy atom. The van der Waals surface area contributed by atoms with Crippen LogP contribution in [0.1, 0.15) is 68.8 Å². The van der Waals surface area contributed by atoms with Gasteiger partial charge in [0.05, 0.1) is 30.3 Å². The summed E-state index contributed by atoms with van der Waals surface area (Å²) in [5.41, 5.74) is 2.40. The maximum Gasteiger partial charge on any atom is 0.282 e. The van der Waals surface area contributed by atoms with Crippen molar-refractivity contribution in [2.24, 2.45) is 5.10 Å². The summed E-state index contributed by atoms with van der Waals surface area (Å²) in [6.45, 7) is 8.84. The zero-order valence-corrected chi connectivity index (χ0v) is 20.1. The van der Waals surface area contributed by atoms with Gasteiger partial charge in [-0.05, 0) is 62.9 Å². The molecule has 0 atom stereocenters. The van der Waals surface area contributed by atoms with Gasteiger partial charge < -0.3 is 9.47 Å². The van der Waals surface area contributed by atoms with E-state index in [0.29, 0.717) is 30.8 Å². The van der Waals surface area contributed by atoms with Crippen molar-refractivity contribution in [2.45, 2.75) is 58.3 Å². The molecule has 4 rings (SSSR count). The predicted octanol–water partition coefficient (Wildman–Crippen LogP) is 5.85. The zero-order valence-electron chi connectivity index (χ0n) is 20.1. The Kier molecular flexibility index (Phi) is 7.78. The minimum atomic E-state index is -0.135. The van der Waals surface area contributed by atoms with Gasteiger partial charge in [0.1, 0.15) is 5.82 Å². The molecule has 1 aliphatic rings. The maximum atomic E-state index is 13.4. The third-order valence-electron chi connectivity index (χ3n) is 6.18. The minimum Gasteiger partial charge on any atom is -0.490 e. The first-order chi connectivity index (χ1) is 16.7. The summed E-state index contributed by atoms with van der Waals surface area (Å²) in [7, 11) is 0. The van der Waals surface area contributed by atoms with Crippen LogP contribution in [0.3, 0.4) is 0 Å². The van der Waals surface area contributed by atoms with Crippen molar-refractivity contribution >= 4 is 17.1 Å². The molecule has 2 aromatic carbocycles. The van der Waals surface area contributed by atoms with Crippen LogP contribution in [0.5, 0.6) is 11.5 Å². The Bertz CT molecular complexity index is 1240. The Balaban J connectivity index is 1.82. The molecule has 0 unspecified atom stereocenters. The molecule has 178 valence electrons. The molecular weight excluding hydrogens is 426 g/mol. The molecule has 34 heavy (non-hydrogen) atoms. The van der Waals surface area contributed by atoms with Crippen LogP contribution in [0.4, 0.5) is 0 Å². The van der Waals surface area contributed by atoms with E-state index in [4.69, 9.17) is 14.5 Å². The predicted molar refractivity (Wildman–Crippen MR) is 138 cm³/mol. The fourth-order valence-corrected chi connectivity index (χ4v) is 4.64. The van der Waals surface area contributed by atoms with Gasteiger partial charge in [0.2, 0.25) is 0 Å². The summed E-state index contributed by atoms with van der Waals surface area (Å²) in [5.74, 6) is 2.39. The number of hydrogen-bond acceptors (Lipinski definition) is 5. The highest BCUT2D eigenvalue weighted by atomic mass is 16.5. The molecule has 0 aliphatic heterocycles. The van der Waals surface area contributed by atoms with E-state index in [-0.39, 0.29) is 11.5 Å². The zero-order chi connectivity index (χ0) is 23.9. The van der Waals surface area contributed by atoms with Gasteiger partial charge in [-0.15, -0.1) is 6.58 Å². The Labute approximate surface area is 200 Å². The molecule has 1 aliphatic carbocycles. The molecule has 1 saturated carbocycles. The first kappa shape index (κ1) is 23.7.